The molecule has 4 aromatic rings. The minimum atomic E-state index is -0.124. The normalized spacial score (nSPS) is 21.7. The van der Waals surface area contributed by atoms with E-state index in [0.29, 0.717) is 29.4 Å². The summed E-state index contributed by atoms with van der Waals surface area (Å²) in [4.78, 5) is 23.5. The third-order valence-electron chi connectivity index (χ3n) is 7.87. The maximum atomic E-state index is 12.0. The summed E-state index contributed by atoms with van der Waals surface area (Å²) in [6.07, 6.45) is 10.7. The zero-order chi connectivity index (χ0) is 26.8. The van der Waals surface area contributed by atoms with Gasteiger partial charge in [-0.25, -0.2) is 14.5 Å². The lowest BCUT2D eigenvalue weighted by molar-refractivity contribution is 0.0963. The Bertz CT molecular complexity index is 1450. The largest absolute Gasteiger partial charge is 0.424 e. The Labute approximate surface area is 228 Å². The van der Waals surface area contributed by atoms with E-state index in [1.165, 1.54) is 18.5 Å². The Kier molecular flexibility index (Phi) is 7.19. The summed E-state index contributed by atoms with van der Waals surface area (Å²) in [6.45, 7) is 3.93. The Morgan fingerprint density at radius 1 is 1.08 bits per heavy atom. The molecule has 6 rings (SSSR count). The van der Waals surface area contributed by atoms with Crippen LogP contribution >= 0.6 is 0 Å². The number of aromatic nitrogens is 4. The predicted octanol–water partition coefficient (Wildman–Crippen LogP) is 4.03. The summed E-state index contributed by atoms with van der Waals surface area (Å²) in [5.74, 6) is 1.31. The molecule has 0 spiro atoms. The number of carbonyl (C=O) groups is 1. The number of aryl methyl sites for hydroxylation is 1. The van der Waals surface area contributed by atoms with Gasteiger partial charge in [-0.05, 0) is 56.9 Å². The molecule has 0 radical (unpaired) electrons. The van der Waals surface area contributed by atoms with Crippen molar-refractivity contribution in [3.8, 4) is 11.3 Å². The summed E-state index contributed by atoms with van der Waals surface area (Å²) >= 11 is 0. The van der Waals surface area contributed by atoms with Crippen LogP contribution in [0.1, 0.15) is 54.7 Å². The maximum absolute atomic E-state index is 12.0. The minimum Gasteiger partial charge on any atom is -0.424 e. The maximum Gasteiger partial charge on any atom is 0.295 e. The highest BCUT2D eigenvalue weighted by atomic mass is 16.4. The molecule has 10 heteroatoms. The number of piperidine rings is 1. The van der Waals surface area contributed by atoms with Crippen LogP contribution in [0.4, 0.5) is 11.7 Å². The number of fused-ring (bicyclic) bond motifs is 1. The van der Waals surface area contributed by atoms with E-state index in [9.17, 15) is 4.79 Å². The van der Waals surface area contributed by atoms with E-state index in [1.807, 2.05) is 35.7 Å². The first-order chi connectivity index (χ1) is 19.1. The van der Waals surface area contributed by atoms with Crippen molar-refractivity contribution in [2.45, 2.75) is 63.6 Å². The van der Waals surface area contributed by atoms with Crippen LogP contribution in [0, 0.1) is 6.92 Å². The van der Waals surface area contributed by atoms with Crippen LogP contribution in [0.3, 0.4) is 0 Å². The van der Waals surface area contributed by atoms with Gasteiger partial charge in [0.15, 0.2) is 11.4 Å². The Balaban J connectivity index is 1.11. The first-order valence-electron chi connectivity index (χ1n) is 13.9. The number of nitrogens with one attached hydrogen (secondary N) is 3. The molecule has 2 fully saturated rings. The number of amides is 1. The lowest BCUT2D eigenvalue weighted by Gasteiger charge is -2.40. The average Bonchev–Trinajstić information content (AvgIpc) is 3.59. The molecular formula is C29H36N8O2. The van der Waals surface area contributed by atoms with Gasteiger partial charge in [0.1, 0.15) is 5.82 Å². The summed E-state index contributed by atoms with van der Waals surface area (Å²) < 4.78 is 7.96. The van der Waals surface area contributed by atoms with Gasteiger partial charge in [0.2, 0.25) is 0 Å². The van der Waals surface area contributed by atoms with Crippen molar-refractivity contribution in [2.75, 3.05) is 30.4 Å². The molecule has 4 heterocycles. The molecule has 1 saturated carbocycles. The van der Waals surface area contributed by atoms with Crippen LogP contribution in [0.25, 0.3) is 17.0 Å². The van der Waals surface area contributed by atoms with Crippen LogP contribution in [-0.4, -0.2) is 63.8 Å². The number of anilines is 2. The van der Waals surface area contributed by atoms with Gasteiger partial charge in [-0.2, -0.15) is 5.10 Å². The molecule has 3 atom stereocenters. The molecule has 1 amide bonds. The number of pyridine rings is 1. The van der Waals surface area contributed by atoms with Crippen molar-refractivity contribution >= 4 is 23.3 Å². The number of carbonyl (C=O) groups excluding carboxylic acids is 1. The minimum absolute atomic E-state index is 0.124. The van der Waals surface area contributed by atoms with Crippen molar-refractivity contribution in [3.63, 3.8) is 0 Å². The summed E-state index contributed by atoms with van der Waals surface area (Å²) in [5, 5.41) is 14.7. The number of hydrogen-bond donors (Lipinski definition) is 3. The van der Waals surface area contributed by atoms with Crippen molar-refractivity contribution in [3.05, 3.63) is 60.2 Å². The van der Waals surface area contributed by atoms with Gasteiger partial charge in [-0.1, -0.05) is 25.0 Å². The van der Waals surface area contributed by atoms with Crippen LogP contribution in [0.15, 0.2) is 53.2 Å². The van der Waals surface area contributed by atoms with Crippen LogP contribution in [0.2, 0.25) is 0 Å². The number of nitrogens with zero attached hydrogens (tertiary/aromatic N) is 5. The Hall–Kier alpha value is -3.92. The monoisotopic (exact) mass is 528 g/mol. The molecule has 1 aliphatic carbocycles. The zero-order valence-electron chi connectivity index (χ0n) is 22.6. The van der Waals surface area contributed by atoms with Gasteiger partial charge in [0, 0.05) is 49.4 Å². The van der Waals surface area contributed by atoms with Gasteiger partial charge in [0.05, 0.1) is 18.1 Å². The highest BCUT2D eigenvalue weighted by Gasteiger charge is 2.30. The molecular weight excluding hydrogens is 492 g/mol. The van der Waals surface area contributed by atoms with Crippen LogP contribution in [-0.2, 0) is 0 Å². The Morgan fingerprint density at radius 2 is 1.95 bits per heavy atom. The third-order valence-corrected chi connectivity index (χ3v) is 7.87. The van der Waals surface area contributed by atoms with Gasteiger partial charge >= 0.3 is 0 Å². The van der Waals surface area contributed by atoms with Crippen molar-refractivity contribution in [1.82, 2.24) is 30.2 Å². The van der Waals surface area contributed by atoms with Crippen LogP contribution < -0.4 is 20.9 Å². The molecule has 1 aromatic carbocycles. The molecule has 3 N–H and O–H groups in total. The van der Waals surface area contributed by atoms with Crippen molar-refractivity contribution in [1.29, 1.82) is 0 Å². The second-order valence-electron chi connectivity index (χ2n) is 10.6. The highest BCUT2D eigenvalue weighted by Crippen LogP contribution is 2.28. The van der Waals surface area contributed by atoms with Crippen molar-refractivity contribution in [2.24, 2.45) is 0 Å². The van der Waals surface area contributed by atoms with E-state index in [1.54, 1.807) is 19.3 Å². The Morgan fingerprint density at radius 3 is 2.82 bits per heavy atom. The van der Waals surface area contributed by atoms with E-state index >= 15 is 0 Å². The summed E-state index contributed by atoms with van der Waals surface area (Å²) in [7, 11) is 1.63. The lowest BCUT2D eigenvalue weighted by atomic mass is 9.89. The first kappa shape index (κ1) is 25.4. The molecule has 3 aromatic heterocycles. The van der Waals surface area contributed by atoms with E-state index in [4.69, 9.17) is 4.42 Å². The van der Waals surface area contributed by atoms with E-state index in [-0.39, 0.29) is 11.9 Å². The van der Waals surface area contributed by atoms with Gasteiger partial charge in [-0.3, -0.25) is 4.79 Å². The van der Waals surface area contributed by atoms with Crippen LogP contribution in [0.5, 0.6) is 0 Å². The second-order valence-corrected chi connectivity index (χ2v) is 10.6. The quantitative estimate of drug-likeness (QED) is 0.330. The SMILES string of the molecule is CNC(=O)c1cccc(-c2cnc(NC3CCCC[C@H]3N[C@H]3CCCN(c4ccc5nc(C)nn5c4)C3)o2)c1. The van der Waals surface area contributed by atoms with E-state index in [0.717, 1.165) is 55.8 Å². The lowest BCUT2D eigenvalue weighted by Crippen LogP contribution is -2.54. The van der Waals surface area contributed by atoms with Gasteiger partial charge in [-0.15, -0.1) is 0 Å². The topological polar surface area (TPSA) is 113 Å². The molecule has 0 bridgehead atoms. The van der Waals surface area contributed by atoms with E-state index < -0.39 is 0 Å². The van der Waals surface area contributed by atoms with Crippen molar-refractivity contribution < 1.29 is 9.21 Å². The number of oxazole rings is 1. The molecule has 1 saturated heterocycles. The fraction of sp³-hybridized carbons (Fsp3) is 0.448. The highest BCUT2D eigenvalue weighted by molar-refractivity contribution is 5.95. The molecule has 10 nitrogen and oxygen atoms in total. The summed E-state index contributed by atoms with van der Waals surface area (Å²) in [5.41, 5.74) is 3.49. The van der Waals surface area contributed by atoms with Gasteiger partial charge < -0.3 is 25.3 Å². The average molecular weight is 529 g/mol. The number of benzene rings is 1. The number of rotatable bonds is 7. The van der Waals surface area contributed by atoms with E-state index in [2.05, 4.69) is 48.2 Å². The molecule has 2 aliphatic rings. The smallest absolute Gasteiger partial charge is 0.295 e. The molecule has 1 aliphatic heterocycles. The summed E-state index contributed by atoms with van der Waals surface area (Å²) in [6, 6.07) is 13.1. The third kappa shape index (κ3) is 5.61. The predicted molar refractivity (Wildman–Crippen MR) is 151 cm³/mol. The molecule has 204 valence electrons. The van der Waals surface area contributed by atoms with Gasteiger partial charge in [0.25, 0.3) is 11.9 Å². The number of hydrogen-bond acceptors (Lipinski definition) is 8. The first-order valence-corrected chi connectivity index (χ1v) is 13.9. The fourth-order valence-corrected chi connectivity index (χ4v) is 5.91. The standard InChI is InChI=1S/C29H36N8O2/c1-19-32-27-13-12-23(18-37(27)35-19)36-14-6-9-22(17-36)33-24-10-3-4-11-25(24)34-29-31-16-26(39-29)20-7-5-8-21(15-20)28(38)30-2/h5,7-8,12-13,15-16,18,22,24-25,33H,3-4,6,9-11,14,17H2,1-2H3,(H,30,38)(H,31,34)/t22-,24+,25?/m0/s1. The second kappa shape index (κ2) is 11.1. The molecule has 1 unspecified atom stereocenters. The zero-order valence-corrected chi connectivity index (χ0v) is 22.6. The fourth-order valence-electron chi connectivity index (χ4n) is 5.91. The molecule has 39 heavy (non-hydrogen) atoms.